The van der Waals surface area contributed by atoms with Crippen molar-refractivity contribution in [1.82, 2.24) is 10.3 Å². The highest BCUT2D eigenvalue weighted by atomic mass is 32.1. The van der Waals surface area contributed by atoms with E-state index >= 15 is 0 Å². The van der Waals surface area contributed by atoms with Gasteiger partial charge in [0, 0.05) is 16.5 Å². The molecule has 0 aliphatic rings. The van der Waals surface area contributed by atoms with Crippen LogP contribution >= 0.6 is 11.3 Å². The van der Waals surface area contributed by atoms with Crippen molar-refractivity contribution in [3.05, 3.63) is 40.9 Å². The summed E-state index contributed by atoms with van der Waals surface area (Å²) in [4.78, 5) is 5.95. The largest absolute Gasteiger partial charge is 0.312 e. The van der Waals surface area contributed by atoms with E-state index < -0.39 is 0 Å². The summed E-state index contributed by atoms with van der Waals surface area (Å²) >= 11 is 1.77. The zero-order chi connectivity index (χ0) is 11.5. The molecule has 2 nitrogen and oxygen atoms in total. The SMILES string of the molecule is CNC(C)c1sc(-c2ccccc2)nc1C. The number of nitrogens with one attached hydrogen (secondary N) is 1. The van der Waals surface area contributed by atoms with Crippen molar-refractivity contribution in [3.8, 4) is 10.6 Å². The third-order valence-electron chi connectivity index (χ3n) is 2.68. The molecular formula is C13H16N2S. The molecule has 1 heterocycles. The first kappa shape index (κ1) is 11.3. The summed E-state index contributed by atoms with van der Waals surface area (Å²) in [6.07, 6.45) is 0. The number of benzene rings is 1. The molecule has 1 aromatic heterocycles. The van der Waals surface area contributed by atoms with E-state index in [0.717, 1.165) is 10.7 Å². The van der Waals surface area contributed by atoms with Crippen LogP contribution in [0.2, 0.25) is 0 Å². The van der Waals surface area contributed by atoms with E-state index in [4.69, 9.17) is 0 Å². The fourth-order valence-corrected chi connectivity index (χ4v) is 2.78. The van der Waals surface area contributed by atoms with Crippen LogP contribution in [-0.4, -0.2) is 12.0 Å². The van der Waals surface area contributed by atoms with Gasteiger partial charge in [-0.1, -0.05) is 30.3 Å². The first-order valence-electron chi connectivity index (χ1n) is 5.42. The molecule has 16 heavy (non-hydrogen) atoms. The van der Waals surface area contributed by atoms with E-state index in [1.165, 1.54) is 10.4 Å². The standard InChI is InChI=1S/C13H16N2S/c1-9(14-3)12-10(2)15-13(16-12)11-7-5-4-6-8-11/h4-9,14H,1-3H3. The van der Waals surface area contributed by atoms with Gasteiger partial charge in [0.25, 0.3) is 0 Å². The van der Waals surface area contributed by atoms with Gasteiger partial charge in [-0.25, -0.2) is 4.98 Å². The van der Waals surface area contributed by atoms with Crippen molar-refractivity contribution >= 4 is 11.3 Å². The van der Waals surface area contributed by atoms with Gasteiger partial charge < -0.3 is 5.32 Å². The molecule has 1 unspecified atom stereocenters. The van der Waals surface area contributed by atoms with Gasteiger partial charge in [0.1, 0.15) is 5.01 Å². The van der Waals surface area contributed by atoms with Crippen molar-refractivity contribution in [3.63, 3.8) is 0 Å². The summed E-state index contributed by atoms with van der Waals surface area (Å²) in [6, 6.07) is 10.7. The molecular weight excluding hydrogens is 216 g/mol. The summed E-state index contributed by atoms with van der Waals surface area (Å²) in [5, 5.41) is 4.36. The molecule has 2 aromatic rings. The van der Waals surface area contributed by atoms with Crippen LogP contribution in [0.3, 0.4) is 0 Å². The third kappa shape index (κ3) is 2.15. The molecule has 0 aliphatic heterocycles. The Morgan fingerprint density at radius 1 is 1.25 bits per heavy atom. The molecule has 84 valence electrons. The Bertz CT molecular complexity index is 462. The first-order chi connectivity index (χ1) is 7.72. The van der Waals surface area contributed by atoms with Crippen LogP contribution in [0.4, 0.5) is 0 Å². The minimum Gasteiger partial charge on any atom is -0.312 e. The molecule has 0 spiro atoms. The van der Waals surface area contributed by atoms with Crippen LogP contribution < -0.4 is 5.32 Å². The van der Waals surface area contributed by atoms with Crippen LogP contribution in [0.25, 0.3) is 10.6 Å². The molecule has 0 saturated carbocycles. The Morgan fingerprint density at radius 3 is 2.56 bits per heavy atom. The van der Waals surface area contributed by atoms with Crippen molar-refractivity contribution in [1.29, 1.82) is 0 Å². The van der Waals surface area contributed by atoms with E-state index in [9.17, 15) is 0 Å². The Balaban J connectivity index is 2.38. The van der Waals surface area contributed by atoms with Crippen LogP contribution in [-0.2, 0) is 0 Å². The van der Waals surface area contributed by atoms with Gasteiger partial charge in [-0.15, -0.1) is 11.3 Å². The summed E-state index contributed by atoms with van der Waals surface area (Å²) in [6.45, 7) is 4.24. The molecule has 0 radical (unpaired) electrons. The highest BCUT2D eigenvalue weighted by Gasteiger charge is 2.13. The van der Waals surface area contributed by atoms with Crippen molar-refractivity contribution in [2.75, 3.05) is 7.05 Å². The number of hydrogen-bond acceptors (Lipinski definition) is 3. The fraction of sp³-hybridized carbons (Fsp3) is 0.308. The number of hydrogen-bond donors (Lipinski definition) is 1. The third-order valence-corrected chi connectivity index (χ3v) is 4.07. The number of thiazole rings is 1. The van der Waals surface area contributed by atoms with Gasteiger partial charge in [0.15, 0.2) is 0 Å². The molecule has 0 amide bonds. The van der Waals surface area contributed by atoms with E-state index in [1.807, 2.05) is 25.2 Å². The topological polar surface area (TPSA) is 24.9 Å². The average Bonchev–Trinajstić information content (AvgIpc) is 2.71. The summed E-state index contributed by atoms with van der Waals surface area (Å²) < 4.78 is 0. The second-order valence-corrected chi connectivity index (χ2v) is 4.88. The number of aryl methyl sites for hydroxylation is 1. The fourth-order valence-electron chi connectivity index (χ4n) is 1.65. The Labute approximate surface area is 100 Å². The zero-order valence-electron chi connectivity index (χ0n) is 9.82. The maximum atomic E-state index is 4.63. The predicted octanol–water partition coefficient (Wildman–Crippen LogP) is 3.40. The van der Waals surface area contributed by atoms with Gasteiger partial charge in [0.2, 0.25) is 0 Å². The minimum absolute atomic E-state index is 0.370. The minimum atomic E-state index is 0.370. The van der Waals surface area contributed by atoms with E-state index in [2.05, 4.69) is 36.3 Å². The maximum absolute atomic E-state index is 4.63. The van der Waals surface area contributed by atoms with E-state index in [1.54, 1.807) is 11.3 Å². The molecule has 1 N–H and O–H groups in total. The van der Waals surface area contributed by atoms with Gasteiger partial charge in [-0.3, -0.25) is 0 Å². The lowest BCUT2D eigenvalue weighted by Gasteiger charge is -2.06. The van der Waals surface area contributed by atoms with Crippen LogP contribution in [0.15, 0.2) is 30.3 Å². The Hall–Kier alpha value is -1.19. The molecule has 3 heteroatoms. The number of aromatic nitrogens is 1. The normalized spacial score (nSPS) is 12.7. The molecule has 0 aliphatic carbocycles. The smallest absolute Gasteiger partial charge is 0.123 e. The molecule has 0 saturated heterocycles. The van der Waals surface area contributed by atoms with Gasteiger partial charge in [-0.05, 0) is 20.9 Å². The van der Waals surface area contributed by atoms with Crippen LogP contribution in [0, 0.1) is 6.92 Å². The maximum Gasteiger partial charge on any atom is 0.123 e. The molecule has 2 rings (SSSR count). The second kappa shape index (κ2) is 4.76. The van der Waals surface area contributed by atoms with Gasteiger partial charge in [0.05, 0.1) is 5.69 Å². The van der Waals surface area contributed by atoms with E-state index in [-0.39, 0.29) is 0 Å². The predicted molar refractivity (Wildman–Crippen MR) is 69.8 cm³/mol. The summed E-state index contributed by atoms with van der Waals surface area (Å²) in [7, 11) is 1.98. The van der Waals surface area contributed by atoms with Crippen molar-refractivity contribution in [2.45, 2.75) is 19.9 Å². The first-order valence-corrected chi connectivity index (χ1v) is 6.24. The Morgan fingerprint density at radius 2 is 1.94 bits per heavy atom. The lowest BCUT2D eigenvalue weighted by atomic mass is 10.2. The summed E-state index contributed by atoms with van der Waals surface area (Å²) in [5.74, 6) is 0. The van der Waals surface area contributed by atoms with Gasteiger partial charge >= 0.3 is 0 Å². The van der Waals surface area contributed by atoms with Gasteiger partial charge in [-0.2, -0.15) is 0 Å². The molecule has 0 bridgehead atoms. The second-order valence-electron chi connectivity index (χ2n) is 3.85. The summed E-state index contributed by atoms with van der Waals surface area (Å²) in [5.41, 5.74) is 2.33. The van der Waals surface area contributed by atoms with Crippen LogP contribution in [0.1, 0.15) is 23.5 Å². The lowest BCUT2D eigenvalue weighted by Crippen LogP contribution is -2.11. The van der Waals surface area contributed by atoms with Crippen molar-refractivity contribution < 1.29 is 0 Å². The Kier molecular flexibility index (Phi) is 3.36. The lowest BCUT2D eigenvalue weighted by molar-refractivity contribution is 0.658. The number of nitrogens with zero attached hydrogens (tertiary/aromatic N) is 1. The quantitative estimate of drug-likeness (QED) is 0.877. The van der Waals surface area contributed by atoms with Crippen LogP contribution in [0.5, 0.6) is 0 Å². The molecule has 0 fully saturated rings. The highest BCUT2D eigenvalue weighted by molar-refractivity contribution is 7.15. The number of rotatable bonds is 3. The molecule has 1 aromatic carbocycles. The molecule has 1 atom stereocenters. The monoisotopic (exact) mass is 232 g/mol. The average molecular weight is 232 g/mol. The van der Waals surface area contributed by atoms with Crippen molar-refractivity contribution in [2.24, 2.45) is 0 Å². The van der Waals surface area contributed by atoms with E-state index in [0.29, 0.717) is 6.04 Å². The highest BCUT2D eigenvalue weighted by Crippen LogP contribution is 2.31. The zero-order valence-corrected chi connectivity index (χ0v) is 10.6.